The maximum atomic E-state index is 5.25. The second kappa shape index (κ2) is 7.29. The molecule has 2 nitrogen and oxygen atoms in total. The summed E-state index contributed by atoms with van der Waals surface area (Å²) in [5.74, 6) is 0.806. The monoisotopic (exact) mass is 227 g/mol. The molecule has 1 unspecified atom stereocenters. The molecule has 1 atom stereocenters. The lowest BCUT2D eigenvalue weighted by Gasteiger charge is -2.29. The van der Waals surface area contributed by atoms with Crippen LogP contribution < -0.4 is 5.32 Å². The van der Waals surface area contributed by atoms with Crippen LogP contribution in [0.3, 0.4) is 0 Å². The highest BCUT2D eigenvalue weighted by molar-refractivity contribution is 4.86. The molecule has 0 aliphatic heterocycles. The van der Waals surface area contributed by atoms with Crippen molar-refractivity contribution in [1.82, 2.24) is 5.32 Å². The van der Waals surface area contributed by atoms with Gasteiger partial charge in [0.15, 0.2) is 0 Å². The van der Waals surface area contributed by atoms with Gasteiger partial charge in [-0.25, -0.2) is 0 Å². The molecule has 1 aliphatic carbocycles. The Morgan fingerprint density at radius 1 is 1.31 bits per heavy atom. The van der Waals surface area contributed by atoms with Gasteiger partial charge in [0, 0.05) is 20.3 Å². The molecule has 16 heavy (non-hydrogen) atoms. The van der Waals surface area contributed by atoms with Crippen molar-refractivity contribution in [3.8, 4) is 0 Å². The topological polar surface area (TPSA) is 21.3 Å². The maximum absolute atomic E-state index is 5.25. The fourth-order valence-electron chi connectivity index (χ4n) is 2.69. The highest BCUT2D eigenvalue weighted by Crippen LogP contribution is 2.40. The minimum atomic E-state index is 0.545. The van der Waals surface area contributed by atoms with Gasteiger partial charge in [-0.3, -0.25) is 0 Å². The molecule has 0 aromatic rings. The lowest BCUT2D eigenvalue weighted by atomic mass is 9.83. The van der Waals surface area contributed by atoms with Crippen molar-refractivity contribution in [2.45, 2.75) is 52.4 Å². The molecule has 0 spiro atoms. The normalized spacial score (nSPS) is 21.2. The number of ether oxygens (including phenoxy) is 1. The van der Waals surface area contributed by atoms with E-state index in [9.17, 15) is 0 Å². The first-order chi connectivity index (χ1) is 7.72. The van der Waals surface area contributed by atoms with Crippen molar-refractivity contribution in [2.75, 3.05) is 26.8 Å². The predicted molar refractivity (Wildman–Crippen MR) is 69.7 cm³/mol. The van der Waals surface area contributed by atoms with Crippen molar-refractivity contribution in [1.29, 1.82) is 0 Å². The summed E-state index contributed by atoms with van der Waals surface area (Å²) in [6.45, 7) is 7.88. The third kappa shape index (κ3) is 4.42. The lowest BCUT2D eigenvalue weighted by Crippen LogP contribution is -2.35. The van der Waals surface area contributed by atoms with Gasteiger partial charge in [0.25, 0.3) is 0 Å². The molecule has 1 aliphatic rings. The average molecular weight is 227 g/mol. The molecule has 0 heterocycles. The van der Waals surface area contributed by atoms with Gasteiger partial charge in [0.1, 0.15) is 0 Å². The van der Waals surface area contributed by atoms with Gasteiger partial charge < -0.3 is 10.1 Å². The van der Waals surface area contributed by atoms with Crippen LogP contribution in [0.5, 0.6) is 0 Å². The molecule has 1 N–H and O–H groups in total. The van der Waals surface area contributed by atoms with Crippen LogP contribution in [0.15, 0.2) is 0 Å². The van der Waals surface area contributed by atoms with E-state index in [1.54, 1.807) is 0 Å². The smallest absolute Gasteiger partial charge is 0.0468 e. The van der Waals surface area contributed by atoms with E-state index >= 15 is 0 Å². The van der Waals surface area contributed by atoms with E-state index in [-0.39, 0.29) is 0 Å². The Balaban J connectivity index is 2.27. The molecule has 1 saturated carbocycles. The Kier molecular flexibility index (Phi) is 6.37. The summed E-state index contributed by atoms with van der Waals surface area (Å²) in [4.78, 5) is 0. The summed E-state index contributed by atoms with van der Waals surface area (Å²) in [5.41, 5.74) is 0.545. The molecule has 2 heteroatoms. The Labute approximate surface area is 101 Å². The SMILES string of the molecule is CCC(C)CNCC1(CCOC)CCCC1. The Morgan fingerprint density at radius 3 is 2.56 bits per heavy atom. The number of hydrogen-bond acceptors (Lipinski definition) is 2. The third-order valence-corrected chi connectivity index (χ3v) is 4.19. The molecule has 0 bridgehead atoms. The standard InChI is InChI=1S/C14H29NO/c1-4-13(2)11-15-12-14(9-10-16-3)7-5-6-8-14/h13,15H,4-12H2,1-3H3. The van der Waals surface area contributed by atoms with Gasteiger partial charge in [-0.15, -0.1) is 0 Å². The second-order valence-electron chi connectivity index (χ2n) is 5.59. The molecule has 0 aromatic heterocycles. The highest BCUT2D eigenvalue weighted by atomic mass is 16.5. The zero-order chi connectivity index (χ0) is 11.9. The van der Waals surface area contributed by atoms with E-state index in [4.69, 9.17) is 4.74 Å². The van der Waals surface area contributed by atoms with E-state index in [0.717, 1.165) is 12.5 Å². The molecule has 0 saturated heterocycles. The summed E-state index contributed by atoms with van der Waals surface area (Å²) < 4.78 is 5.25. The minimum absolute atomic E-state index is 0.545. The molecular weight excluding hydrogens is 198 g/mol. The fraction of sp³-hybridized carbons (Fsp3) is 1.00. The van der Waals surface area contributed by atoms with E-state index in [1.807, 2.05) is 7.11 Å². The molecule has 96 valence electrons. The Hall–Kier alpha value is -0.0800. The van der Waals surface area contributed by atoms with Crippen LogP contribution in [0.25, 0.3) is 0 Å². The van der Waals surface area contributed by atoms with Gasteiger partial charge in [-0.2, -0.15) is 0 Å². The van der Waals surface area contributed by atoms with Crippen LogP contribution in [-0.4, -0.2) is 26.8 Å². The van der Waals surface area contributed by atoms with Crippen molar-refractivity contribution in [3.63, 3.8) is 0 Å². The van der Waals surface area contributed by atoms with E-state index < -0.39 is 0 Å². The average Bonchev–Trinajstić information content (AvgIpc) is 2.75. The molecule has 0 amide bonds. The van der Waals surface area contributed by atoms with Crippen LogP contribution in [0.2, 0.25) is 0 Å². The summed E-state index contributed by atoms with van der Waals surface area (Å²) >= 11 is 0. The quantitative estimate of drug-likeness (QED) is 0.687. The zero-order valence-electron chi connectivity index (χ0n) is 11.3. The third-order valence-electron chi connectivity index (χ3n) is 4.19. The first-order valence-electron chi connectivity index (χ1n) is 6.92. The highest BCUT2D eigenvalue weighted by Gasteiger charge is 2.32. The number of nitrogens with one attached hydrogen (secondary N) is 1. The van der Waals surface area contributed by atoms with Crippen molar-refractivity contribution >= 4 is 0 Å². The fourth-order valence-corrected chi connectivity index (χ4v) is 2.69. The summed E-state index contributed by atoms with van der Waals surface area (Å²) in [7, 11) is 1.81. The number of rotatable bonds is 8. The zero-order valence-corrected chi connectivity index (χ0v) is 11.3. The summed E-state index contributed by atoms with van der Waals surface area (Å²) in [5, 5.41) is 3.67. The van der Waals surface area contributed by atoms with Crippen LogP contribution in [0.4, 0.5) is 0 Å². The molecule has 0 radical (unpaired) electrons. The maximum Gasteiger partial charge on any atom is 0.0468 e. The lowest BCUT2D eigenvalue weighted by molar-refractivity contribution is 0.134. The van der Waals surface area contributed by atoms with Gasteiger partial charge in [0.05, 0.1) is 0 Å². The van der Waals surface area contributed by atoms with Crippen LogP contribution in [0.1, 0.15) is 52.4 Å². The Bertz CT molecular complexity index is 176. The molecule has 1 fully saturated rings. The number of methoxy groups -OCH3 is 1. The van der Waals surface area contributed by atoms with Crippen molar-refractivity contribution < 1.29 is 4.74 Å². The second-order valence-corrected chi connectivity index (χ2v) is 5.59. The van der Waals surface area contributed by atoms with E-state index in [1.165, 1.54) is 51.6 Å². The van der Waals surface area contributed by atoms with Gasteiger partial charge >= 0.3 is 0 Å². The van der Waals surface area contributed by atoms with Crippen LogP contribution in [-0.2, 0) is 4.74 Å². The van der Waals surface area contributed by atoms with Crippen molar-refractivity contribution in [2.24, 2.45) is 11.3 Å². The number of hydrogen-bond donors (Lipinski definition) is 1. The van der Waals surface area contributed by atoms with E-state index in [2.05, 4.69) is 19.2 Å². The summed E-state index contributed by atoms with van der Waals surface area (Å²) in [6, 6.07) is 0. The predicted octanol–water partition coefficient (Wildman–Crippen LogP) is 3.22. The molecule has 0 aromatic carbocycles. The van der Waals surface area contributed by atoms with E-state index in [0.29, 0.717) is 5.41 Å². The van der Waals surface area contributed by atoms with Gasteiger partial charge in [0.2, 0.25) is 0 Å². The van der Waals surface area contributed by atoms with Crippen LogP contribution in [0, 0.1) is 11.3 Å². The largest absolute Gasteiger partial charge is 0.385 e. The first-order valence-corrected chi connectivity index (χ1v) is 6.92. The van der Waals surface area contributed by atoms with Crippen molar-refractivity contribution in [3.05, 3.63) is 0 Å². The van der Waals surface area contributed by atoms with Gasteiger partial charge in [-0.1, -0.05) is 33.1 Å². The Morgan fingerprint density at radius 2 is 2.00 bits per heavy atom. The molecular formula is C14H29NO. The molecule has 1 rings (SSSR count). The van der Waals surface area contributed by atoms with Crippen LogP contribution >= 0.6 is 0 Å². The minimum Gasteiger partial charge on any atom is -0.385 e. The van der Waals surface area contributed by atoms with Gasteiger partial charge in [-0.05, 0) is 37.1 Å². The summed E-state index contributed by atoms with van der Waals surface area (Å²) in [6.07, 6.45) is 8.12. The first kappa shape index (κ1) is 14.0.